The first-order valence-electron chi connectivity index (χ1n) is 9.79. The molecule has 0 saturated heterocycles. The van der Waals surface area contributed by atoms with Crippen LogP contribution in [0.1, 0.15) is 30.0 Å². The standard InChI is InChI=1S/C23H28N2O5/c1-15-8-10-19(11-9-15)29-13-12-21(27)30-18(4)23(28)24-14-20(26)25-22-16(2)6-5-7-17(22)3/h5-11,18H,12-14H2,1-4H3,(H,24,28)(H,25,26). The molecular formula is C23H28N2O5. The van der Waals surface area contributed by atoms with E-state index in [0.717, 1.165) is 22.4 Å². The number of hydrogen-bond acceptors (Lipinski definition) is 5. The monoisotopic (exact) mass is 412 g/mol. The predicted molar refractivity (Wildman–Crippen MR) is 114 cm³/mol. The zero-order chi connectivity index (χ0) is 22.1. The molecule has 0 aliphatic carbocycles. The third-order valence-electron chi connectivity index (χ3n) is 4.44. The molecule has 1 atom stereocenters. The summed E-state index contributed by atoms with van der Waals surface area (Å²) in [5.41, 5.74) is 3.71. The summed E-state index contributed by atoms with van der Waals surface area (Å²) in [5.74, 6) is -0.788. The van der Waals surface area contributed by atoms with Gasteiger partial charge < -0.3 is 20.1 Å². The number of para-hydroxylation sites is 1. The van der Waals surface area contributed by atoms with E-state index in [2.05, 4.69) is 10.6 Å². The Hall–Kier alpha value is -3.35. The van der Waals surface area contributed by atoms with Gasteiger partial charge in [-0.2, -0.15) is 0 Å². The number of hydrogen-bond donors (Lipinski definition) is 2. The number of carbonyl (C=O) groups is 3. The topological polar surface area (TPSA) is 93.7 Å². The van der Waals surface area contributed by atoms with Gasteiger partial charge in [0.05, 0.1) is 19.6 Å². The molecule has 0 radical (unpaired) electrons. The van der Waals surface area contributed by atoms with Gasteiger partial charge in [0, 0.05) is 5.69 Å². The summed E-state index contributed by atoms with van der Waals surface area (Å²) in [6, 6.07) is 13.2. The van der Waals surface area contributed by atoms with E-state index in [1.807, 2.05) is 63.2 Å². The fourth-order valence-corrected chi connectivity index (χ4v) is 2.70. The molecule has 160 valence electrons. The number of amides is 2. The molecule has 0 heterocycles. The minimum absolute atomic E-state index is 0.0124. The molecule has 0 saturated carbocycles. The number of carbonyl (C=O) groups excluding carboxylic acids is 3. The van der Waals surface area contributed by atoms with Crippen molar-refractivity contribution in [2.24, 2.45) is 0 Å². The van der Waals surface area contributed by atoms with Crippen LogP contribution in [0, 0.1) is 20.8 Å². The fraction of sp³-hybridized carbons (Fsp3) is 0.348. The first kappa shape index (κ1) is 22.9. The largest absolute Gasteiger partial charge is 0.493 e. The van der Waals surface area contributed by atoms with Crippen LogP contribution >= 0.6 is 0 Å². The smallest absolute Gasteiger partial charge is 0.310 e. The molecule has 0 spiro atoms. The van der Waals surface area contributed by atoms with E-state index in [-0.39, 0.29) is 25.5 Å². The second kappa shape index (κ2) is 11.0. The lowest BCUT2D eigenvalue weighted by Crippen LogP contribution is -2.40. The number of aryl methyl sites for hydroxylation is 3. The zero-order valence-corrected chi connectivity index (χ0v) is 17.8. The highest BCUT2D eigenvalue weighted by molar-refractivity contribution is 5.96. The van der Waals surface area contributed by atoms with Crippen LogP contribution < -0.4 is 15.4 Å². The fourth-order valence-electron chi connectivity index (χ4n) is 2.70. The Bertz CT molecular complexity index is 873. The van der Waals surface area contributed by atoms with Crippen molar-refractivity contribution in [2.45, 2.75) is 40.2 Å². The molecule has 7 heteroatoms. The predicted octanol–water partition coefficient (Wildman–Crippen LogP) is 3.07. The van der Waals surface area contributed by atoms with Crippen molar-refractivity contribution in [2.75, 3.05) is 18.5 Å². The highest BCUT2D eigenvalue weighted by atomic mass is 16.5. The van der Waals surface area contributed by atoms with Crippen LogP contribution in [-0.4, -0.2) is 37.0 Å². The van der Waals surface area contributed by atoms with Crippen molar-refractivity contribution < 1.29 is 23.9 Å². The van der Waals surface area contributed by atoms with Gasteiger partial charge in [0.25, 0.3) is 5.91 Å². The number of esters is 1. The van der Waals surface area contributed by atoms with Gasteiger partial charge >= 0.3 is 5.97 Å². The van der Waals surface area contributed by atoms with Gasteiger partial charge in [-0.05, 0) is 51.0 Å². The molecular weight excluding hydrogens is 384 g/mol. The molecule has 2 amide bonds. The minimum Gasteiger partial charge on any atom is -0.493 e. The van der Waals surface area contributed by atoms with Crippen molar-refractivity contribution in [3.63, 3.8) is 0 Å². The Morgan fingerprint density at radius 1 is 0.967 bits per heavy atom. The second-order valence-corrected chi connectivity index (χ2v) is 7.08. The second-order valence-electron chi connectivity index (χ2n) is 7.08. The van der Waals surface area contributed by atoms with Gasteiger partial charge in [0.2, 0.25) is 5.91 Å². The summed E-state index contributed by atoms with van der Waals surface area (Å²) in [6.45, 7) is 7.15. The summed E-state index contributed by atoms with van der Waals surface area (Å²) in [4.78, 5) is 36.1. The molecule has 1 unspecified atom stereocenters. The van der Waals surface area contributed by atoms with Crippen molar-refractivity contribution in [3.05, 3.63) is 59.2 Å². The summed E-state index contributed by atoms with van der Waals surface area (Å²) < 4.78 is 10.6. The first-order chi connectivity index (χ1) is 14.3. The van der Waals surface area contributed by atoms with Crippen molar-refractivity contribution >= 4 is 23.5 Å². The van der Waals surface area contributed by atoms with E-state index in [4.69, 9.17) is 9.47 Å². The maximum Gasteiger partial charge on any atom is 0.310 e. The quantitative estimate of drug-likeness (QED) is 0.618. The highest BCUT2D eigenvalue weighted by Crippen LogP contribution is 2.19. The summed E-state index contributed by atoms with van der Waals surface area (Å²) >= 11 is 0. The van der Waals surface area contributed by atoms with Crippen LogP contribution in [0.3, 0.4) is 0 Å². The summed E-state index contributed by atoms with van der Waals surface area (Å²) in [5, 5.41) is 5.26. The molecule has 7 nitrogen and oxygen atoms in total. The van der Waals surface area contributed by atoms with E-state index < -0.39 is 18.0 Å². The van der Waals surface area contributed by atoms with Gasteiger partial charge in [0.1, 0.15) is 5.75 Å². The Labute approximate surface area is 176 Å². The molecule has 2 rings (SSSR count). The maximum absolute atomic E-state index is 12.1. The Balaban J connectivity index is 1.70. The number of ether oxygens (including phenoxy) is 2. The van der Waals surface area contributed by atoms with Crippen LogP contribution in [0.15, 0.2) is 42.5 Å². The van der Waals surface area contributed by atoms with Crippen LogP contribution in [0.5, 0.6) is 5.75 Å². The average Bonchev–Trinajstić information content (AvgIpc) is 2.70. The van der Waals surface area contributed by atoms with Crippen molar-refractivity contribution in [1.29, 1.82) is 0 Å². The average molecular weight is 412 g/mol. The third kappa shape index (κ3) is 7.24. The van der Waals surface area contributed by atoms with Gasteiger partial charge in [-0.3, -0.25) is 14.4 Å². The Morgan fingerprint density at radius 3 is 2.23 bits per heavy atom. The highest BCUT2D eigenvalue weighted by Gasteiger charge is 2.18. The number of anilines is 1. The number of benzene rings is 2. The Kier molecular flexibility index (Phi) is 8.41. The SMILES string of the molecule is Cc1ccc(OCCC(=O)OC(C)C(=O)NCC(=O)Nc2c(C)cccc2C)cc1. The van der Waals surface area contributed by atoms with Crippen LogP contribution in [-0.2, 0) is 19.1 Å². The number of nitrogens with one attached hydrogen (secondary N) is 2. The number of rotatable bonds is 9. The molecule has 2 aromatic rings. The van der Waals surface area contributed by atoms with E-state index in [1.54, 1.807) is 0 Å². The lowest BCUT2D eigenvalue weighted by atomic mass is 10.1. The first-order valence-corrected chi connectivity index (χ1v) is 9.79. The molecule has 0 aliphatic heterocycles. The lowest BCUT2D eigenvalue weighted by Gasteiger charge is -2.15. The van der Waals surface area contributed by atoms with Crippen LogP contribution in [0.25, 0.3) is 0 Å². The van der Waals surface area contributed by atoms with E-state index >= 15 is 0 Å². The normalized spacial score (nSPS) is 11.3. The molecule has 0 fully saturated rings. The molecule has 2 aromatic carbocycles. The van der Waals surface area contributed by atoms with Gasteiger partial charge in [0.15, 0.2) is 6.10 Å². The van der Waals surface area contributed by atoms with Crippen molar-refractivity contribution in [3.8, 4) is 5.75 Å². The van der Waals surface area contributed by atoms with Crippen LogP contribution in [0.2, 0.25) is 0 Å². The third-order valence-corrected chi connectivity index (χ3v) is 4.44. The van der Waals surface area contributed by atoms with Crippen LogP contribution in [0.4, 0.5) is 5.69 Å². The minimum atomic E-state index is -1.01. The van der Waals surface area contributed by atoms with Gasteiger partial charge in [-0.25, -0.2) is 0 Å². The van der Waals surface area contributed by atoms with Gasteiger partial charge in [-0.1, -0.05) is 35.9 Å². The van der Waals surface area contributed by atoms with E-state index in [1.165, 1.54) is 6.92 Å². The van der Waals surface area contributed by atoms with Gasteiger partial charge in [-0.15, -0.1) is 0 Å². The molecule has 30 heavy (non-hydrogen) atoms. The van der Waals surface area contributed by atoms with E-state index in [9.17, 15) is 14.4 Å². The zero-order valence-electron chi connectivity index (χ0n) is 17.8. The maximum atomic E-state index is 12.1. The lowest BCUT2D eigenvalue weighted by molar-refractivity contribution is -0.155. The Morgan fingerprint density at radius 2 is 1.60 bits per heavy atom. The molecule has 0 aromatic heterocycles. The van der Waals surface area contributed by atoms with Crippen molar-refractivity contribution in [1.82, 2.24) is 5.32 Å². The summed E-state index contributed by atoms with van der Waals surface area (Å²) in [6.07, 6.45) is -0.997. The molecule has 0 aliphatic rings. The van der Waals surface area contributed by atoms with E-state index in [0.29, 0.717) is 5.75 Å². The summed E-state index contributed by atoms with van der Waals surface area (Å²) in [7, 11) is 0. The molecule has 2 N–H and O–H groups in total. The molecule has 0 bridgehead atoms.